The molecule has 0 unspecified atom stereocenters. The summed E-state index contributed by atoms with van der Waals surface area (Å²) in [6.07, 6.45) is 0. The summed E-state index contributed by atoms with van der Waals surface area (Å²) in [5.41, 5.74) is 1.30. The van der Waals surface area contributed by atoms with E-state index in [9.17, 15) is 4.79 Å². The summed E-state index contributed by atoms with van der Waals surface area (Å²) < 4.78 is 6.22. The molecule has 2 aromatic rings. The Morgan fingerprint density at radius 2 is 1.94 bits per heavy atom. The molecule has 1 aromatic carbocycles. The molecule has 1 aliphatic heterocycles. The van der Waals surface area contributed by atoms with Crippen LogP contribution in [0.1, 0.15) is 19.4 Å². The van der Waals surface area contributed by atoms with Crippen molar-refractivity contribution in [3.8, 4) is 17.0 Å². The van der Waals surface area contributed by atoms with Crippen molar-refractivity contribution >= 4 is 12.2 Å². The average molecular weight is 260 g/mol. The van der Waals surface area contributed by atoms with E-state index in [1.807, 2.05) is 38.1 Å². The lowest BCUT2D eigenvalue weighted by Gasteiger charge is -2.33. The highest BCUT2D eigenvalue weighted by Gasteiger charge is 2.35. The van der Waals surface area contributed by atoms with Crippen molar-refractivity contribution < 1.29 is 4.74 Å². The molecule has 1 aliphatic rings. The van der Waals surface area contributed by atoms with Gasteiger partial charge in [0.05, 0.1) is 11.3 Å². The molecule has 0 aliphatic carbocycles. The van der Waals surface area contributed by atoms with Crippen molar-refractivity contribution in [3.05, 3.63) is 45.0 Å². The van der Waals surface area contributed by atoms with Crippen molar-refractivity contribution in [2.24, 2.45) is 0 Å². The van der Waals surface area contributed by atoms with Gasteiger partial charge in [0.25, 0.3) is 5.56 Å². The lowest BCUT2D eigenvalue weighted by molar-refractivity contribution is 0.103. The topological polar surface area (TPSA) is 57.9 Å². The minimum Gasteiger partial charge on any atom is -0.482 e. The molecule has 2 heterocycles. The number of fused-ring (bicyclic) bond motifs is 3. The van der Waals surface area contributed by atoms with Gasteiger partial charge in [0.2, 0.25) is 0 Å². The predicted molar refractivity (Wildman–Crippen MR) is 71.3 cm³/mol. The average Bonchev–Trinajstić information content (AvgIpc) is 2.26. The molecule has 0 saturated heterocycles. The Labute approximate surface area is 109 Å². The zero-order valence-corrected chi connectivity index (χ0v) is 10.9. The molecule has 18 heavy (non-hydrogen) atoms. The van der Waals surface area contributed by atoms with Crippen molar-refractivity contribution in [1.82, 2.24) is 9.97 Å². The van der Waals surface area contributed by atoms with Crippen molar-refractivity contribution in [2.45, 2.75) is 19.4 Å². The van der Waals surface area contributed by atoms with Crippen LogP contribution in [-0.4, -0.2) is 9.97 Å². The van der Waals surface area contributed by atoms with Gasteiger partial charge < -0.3 is 9.72 Å². The lowest BCUT2D eigenvalue weighted by Crippen LogP contribution is -2.36. The first-order valence-corrected chi connectivity index (χ1v) is 6.05. The minimum absolute atomic E-state index is 0.201. The summed E-state index contributed by atoms with van der Waals surface area (Å²) >= 11 is 5.04. The van der Waals surface area contributed by atoms with E-state index >= 15 is 0 Å². The number of nitrogens with one attached hydrogen (secondary N) is 2. The van der Waals surface area contributed by atoms with Crippen molar-refractivity contribution in [2.75, 3.05) is 0 Å². The van der Waals surface area contributed by atoms with Gasteiger partial charge in [0.15, 0.2) is 4.77 Å². The number of hydrogen-bond donors (Lipinski definition) is 2. The largest absolute Gasteiger partial charge is 0.482 e. The minimum atomic E-state index is -0.684. The van der Waals surface area contributed by atoms with Gasteiger partial charge in [-0.3, -0.25) is 9.78 Å². The second-order valence-electron chi connectivity index (χ2n) is 4.77. The first-order chi connectivity index (χ1) is 8.49. The van der Waals surface area contributed by atoms with Crippen LogP contribution in [0, 0.1) is 4.77 Å². The molecular weight excluding hydrogens is 248 g/mol. The van der Waals surface area contributed by atoms with E-state index in [0.29, 0.717) is 10.3 Å². The van der Waals surface area contributed by atoms with Crippen molar-refractivity contribution in [1.29, 1.82) is 0 Å². The van der Waals surface area contributed by atoms with Crippen LogP contribution in [0.5, 0.6) is 5.75 Å². The maximum absolute atomic E-state index is 12.1. The van der Waals surface area contributed by atoms with Gasteiger partial charge in [-0.1, -0.05) is 12.1 Å². The fourth-order valence-electron chi connectivity index (χ4n) is 2.35. The summed E-state index contributed by atoms with van der Waals surface area (Å²) in [6.45, 7) is 3.74. The molecule has 2 N–H and O–H groups in total. The Morgan fingerprint density at radius 3 is 2.72 bits per heavy atom. The first-order valence-electron chi connectivity index (χ1n) is 5.64. The number of ether oxygens (including phenoxy) is 1. The molecule has 3 rings (SSSR count). The number of H-pyrrole nitrogens is 2. The highest BCUT2D eigenvalue weighted by Crippen LogP contribution is 2.41. The second-order valence-corrected chi connectivity index (χ2v) is 5.18. The number of rotatable bonds is 0. The summed E-state index contributed by atoms with van der Waals surface area (Å²) in [6, 6.07) is 7.61. The molecule has 0 atom stereocenters. The van der Waals surface area contributed by atoms with Crippen LogP contribution in [0.4, 0.5) is 0 Å². The van der Waals surface area contributed by atoms with Gasteiger partial charge in [0, 0.05) is 5.56 Å². The SMILES string of the molecule is CC1(C)Oc2ccccc2-c2[nH]c(=S)[nH]c(=O)c21. The van der Waals surface area contributed by atoms with Crippen LogP contribution in [-0.2, 0) is 5.60 Å². The molecule has 0 radical (unpaired) electrons. The second kappa shape index (κ2) is 3.55. The summed E-state index contributed by atoms with van der Waals surface area (Å²) in [5, 5.41) is 0. The molecule has 0 saturated carbocycles. The Morgan fingerprint density at radius 1 is 1.22 bits per heavy atom. The molecule has 5 heteroatoms. The van der Waals surface area contributed by atoms with Gasteiger partial charge in [0.1, 0.15) is 11.4 Å². The molecule has 4 nitrogen and oxygen atoms in total. The van der Waals surface area contributed by atoms with E-state index in [4.69, 9.17) is 17.0 Å². The van der Waals surface area contributed by atoms with Crippen LogP contribution in [0.15, 0.2) is 29.1 Å². The Bertz CT molecular complexity index is 743. The Kier molecular flexibility index (Phi) is 2.22. The fraction of sp³-hybridized carbons (Fsp3) is 0.231. The van der Waals surface area contributed by atoms with E-state index in [0.717, 1.165) is 17.0 Å². The Hall–Kier alpha value is -1.88. The van der Waals surface area contributed by atoms with Crippen molar-refractivity contribution in [3.63, 3.8) is 0 Å². The third kappa shape index (κ3) is 1.51. The van der Waals surface area contributed by atoms with Gasteiger partial charge in [-0.05, 0) is 38.2 Å². The van der Waals surface area contributed by atoms with Gasteiger partial charge in [-0.15, -0.1) is 0 Å². The fourth-order valence-corrected chi connectivity index (χ4v) is 2.55. The van der Waals surface area contributed by atoms with E-state index in [1.165, 1.54) is 0 Å². The molecule has 0 bridgehead atoms. The van der Waals surface area contributed by atoms with Crippen LogP contribution in [0.25, 0.3) is 11.3 Å². The highest BCUT2D eigenvalue weighted by molar-refractivity contribution is 7.71. The smallest absolute Gasteiger partial charge is 0.259 e. The van der Waals surface area contributed by atoms with Gasteiger partial charge in [-0.25, -0.2) is 0 Å². The Balaban J connectivity index is 2.47. The monoisotopic (exact) mass is 260 g/mol. The maximum Gasteiger partial charge on any atom is 0.259 e. The normalized spacial score (nSPS) is 15.4. The summed E-state index contributed by atoms with van der Waals surface area (Å²) in [4.78, 5) is 17.8. The molecular formula is C13H12N2O2S. The number of aromatic nitrogens is 2. The molecule has 0 spiro atoms. The summed E-state index contributed by atoms with van der Waals surface area (Å²) in [5.74, 6) is 0.756. The van der Waals surface area contributed by atoms with E-state index in [-0.39, 0.29) is 5.56 Å². The third-order valence-electron chi connectivity index (χ3n) is 3.07. The lowest BCUT2D eigenvalue weighted by atomic mass is 9.91. The van der Waals surface area contributed by atoms with Crippen LogP contribution >= 0.6 is 12.2 Å². The molecule has 0 fully saturated rings. The number of benzene rings is 1. The molecule has 0 amide bonds. The van der Waals surface area contributed by atoms with Gasteiger partial charge in [-0.2, -0.15) is 0 Å². The number of para-hydroxylation sites is 1. The third-order valence-corrected chi connectivity index (χ3v) is 3.27. The summed E-state index contributed by atoms with van der Waals surface area (Å²) in [7, 11) is 0. The maximum atomic E-state index is 12.1. The number of aromatic amines is 2. The van der Waals surface area contributed by atoms with Crippen LogP contribution < -0.4 is 10.3 Å². The van der Waals surface area contributed by atoms with Crippen LogP contribution in [0.3, 0.4) is 0 Å². The van der Waals surface area contributed by atoms with E-state index in [2.05, 4.69) is 9.97 Å². The first kappa shape index (κ1) is 11.2. The standard InChI is InChI=1S/C13H12N2O2S/c1-13(2)9-10(14-12(18)15-11(9)16)7-5-3-4-6-8(7)17-13/h3-6H,1-2H3,(H2,14,15,16,18). The van der Waals surface area contributed by atoms with E-state index < -0.39 is 5.60 Å². The molecule has 92 valence electrons. The highest BCUT2D eigenvalue weighted by atomic mass is 32.1. The zero-order valence-electron chi connectivity index (χ0n) is 10.0. The predicted octanol–water partition coefficient (Wildman–Crippen LogP) is 2.73. The van der Waals surface area contributed by atoms with E-state index in [1.54, 1.807) is 0 Å². The zero-order chi connectivity index (χ0) is 12.9. The van der Waals surface area contributed by atoms with Gasteiger partial charge >= 0.3 is 0 Å². The van der Waals surface area contributed by atoms with Crippen LogP contribution in [0.2, 0.25) is 0 Å². The number of hydrogen-bond acceptors (Lipinski definition) is 3. The molecule has 1 aromatic heterocycles. The quantitative estimate of drug-likeness (QED) is 0.716.